The fraction of sp³-hybridized carbons (Fsp3) is 0.460. The van der Waals surface area contributed by atoms with E-state index in [0.717, 1.165) is 39.4 Å². The molecular weight excluding hydrogens is 891 g/mol. The quantitative estimate of drug-likeness (QED) is 0.0463. The molecule has 2 aliphatic heterocycles. The van der Waals surface area contributed by atoms with E-state index in [0.29, 0.717) is 61.5 Å². The Morgan fingerprint density at radius 1 is 0.970 bits per heavy atom. The predicted molar refractivity (Wildman–Crippen MR) is 263 cm³/mol. The summed E-state index contributed by atoms with van der Waals surface area (Å²) in [6.07, 6.45) is 1.31. The Morgan fingerprint density at radius 3 is 2.28 bits per heavy atom. The van der Waals surface area contributed by atoms with E-state index in [-0.39, 0.29) is 37.9 Å². The molecule has 17 heteroatoms. The van der Waals surface area contributed by atoms with Gasteiger partial charge in [-0.05, 0) is 111 Å². The smallest absolute Gasteiger partial charge is 0.259 e. The second-order valence-electron chi connectivity index (χ2n) is 18.4. The summed E-state index contributed by atoms with van der Waals surface area (Å²) in [5.74, 6) is -0.720. The second kappa shape index (κ2) is 22.4. The van der Waals surface area contributed by atoms with Gasteiger partial charge in [0, 0.05) is 57.1 Å². The Morgan fingerprint density at radius 2 is 1.64 bits per heavy atom. The van der Waals surface area contributed by atoms with Crippen LogP contribution in [0.1, 0.15) is 77.1 Å². The Hall–Kier alpha value is -5.77. The van der Waals surface area contributed by atoms with Crippen molar-refractivity contribution in [3.8, 4) is 16.2 Å². The summed E-state index contributed by atoms with van der Waals surface area (Å²) in [6.45, 7) is 22.2. The fourth-order valence-electron chi connectivity index (χ4n) is 8.06. The molecule has 3 N–H and O–H groups in total. The molecule has 0 spiro atoms. The number of nitrogens with zero attached hydrogens (tertiary/aromatic N) is 5. The van der Waals surface area contributed by atoms with Crippen LogP contribution in [-0.2, 0) is 35.2 Å². The second-order valence-corrected chi connectivity index (χ2v) is 19.6. The topological polar surface area (TPSA) is 167 Å². The molecule has 67 heavy (non-hydrogen) atoms. The van der Waals surface area contributed by atoms with Crippen LogP contribution in [0.3, 0.4) is 0 Å². The number of aromatic nitrogens is 1. The molecular formula is C50H61N7O8S2. The lowest BCUT2D eigenvalue weighted by Crippen LogP contribution is -2.58. The van der Waals surface area contributed by atoms with Gasteiger partial charge in [0.2, 0.25) is 17.7 Å². The van der Waals surface area contributed by atoms with Gasteiger partial charge in [-0.2, -0.15) is 0 Å². The maximum atomic E-state index is 13.9. The minimum absolute atomic E-state index is 0.00999. The van der Waals surface area contributed by atoms with Gasteiger partial charge < -0.3 is 39.8 Å². The van der Waals surface area contributed by atoms with Crippen LogP contribution in [0.4, 0.5) is 17.1 Å². The molecule has 2 aliphatic rings. The Balaban J connectivity index is 0.856. The van der Waals surface area contributed by atoms with Gasteiger partial charge >= 0.3 is 0 Å². The number of nitrogens with one attached hydrogen (secondary N) is 2. The normalized spacial score (nSPS) is 17.4. The van der Waals surface area contributed by atoms with Crippen LogP contribution in [-0.4, -0.2) is 107 Å². The number of benzene rings is 3. The summed E-state index contributed by atoms with van der Waals surface area (Å²) < 4.78 is 17.4. The third-order valence-electron chi connectivity index (χ3n) is 11.8. The van der Waals surface area contributed by atoms with Crippen molar-refractivity contribution in [2.75, 3.05) is 49.4 Å². The largest absolute Gasteiger partial charge is 0.494 e. The molecule has 0 bridgehead atoms. The SMILES string of the molecule is [C-]#[N+]c1ccc(N2C(=O)C(C)(C)N(c3ccc(OCCCOCCCCOCC(=O)N[C@H](C(=O)N4C[C@H](O)C[C@H]4C(=O)NCc4ccc(-c5scnc5C)cc4)C(C)(C)C)cc3)C2=S)cc1C. The van der Waals surface area contributed by atoms with E-state index in [1.807, 2.05) is 113 Å². The Kier molecular flexibility index (Phi) is 16.9. The van der Waals surface area contributed by atoms with Gasteiger partial charge in [-0.3, -0.25) is 24.1 Å². The number of ether oxygens (including phenoxy) is 3. The summed E-state index contributed by atoms with van der Waals surface area (Å²) >= 11 is 7.38. The lowest BCUT2D eigenvalue weighted by atomic mass is 9.85. The molecule has 0 aliphatic carbocycles. The molecule has 2 fully saturated rings. The molecule has 4 amide bonds. The number of amides is 4. The van der Waals surface area contributed by atoms with E-state index >= 15 is 0 Å². The van der Waals surface area contributed by atoms with Crippen molar-refractivity contribution in [1.82, 2.24) is 20.5 Å². The van der Waals surface area contributed by atoms with Crippen molar-refractivity contribution in [2.24, 2.45) is 5.41 Å². The first-order valence-electron chi connectivity index (χ1n) is 22.5. The van der Waals surface area contributed by atoms with Crippen molar-refractivity contribution < 1.29 is 38.5 Å². The highest BCUT2D eigenvalue weighted by Crippen LogP contribution is 2.38. The molecule has 4 aromatic rings. The Labute approximate surface area is 402 Å². The van der Waals surface area contributed by atoms with Gasteiger partial charge in [-0.1, -0.05) is 51.1 Å². The molecule has 0 radical (unpaired) electrons. The number of rotatable bonds is 20. The van der Waals surface area contributed by atoms with E-state index in [1.165, 1.54) is 9.80 Å². The van der Waals surface area contributed by atoms with Crippen molar-refractivity contribution in [3.63, 3.8) is 0 Å². The average Bonchev–Trinajstić information content (AvgIpc) is 3.96. The summed E-state index contributed by atoms with van der Waals surface area (Å²) in [5, 5.41) is 16.7. The molecule has 6 rings (SSSR count). The lowest BCUT2D eigenvalue weighted by Gasteiger charge is -2.35. The van der Waals surface area contributed by atoms with Gasteiger partial charge in [0.1, 0.15) is 30.0 Å². The van der Waals surface area contributed by atoms with Crippen LogP contribution in [0.5, 0.6) is 5.75 Å². The van der Waals surface area contributed by atoms with Gasteiger partial charge in [-0.15, -0.1) is 11.3 Å². The van der Waals surface area contributed by atoms with Crippen LogP contribution < -0.4 is 25.2 Å². The molecule has 356 valence electrons. The molecule has 3 aromatic carbocycles. The van der Waals surface area contributed by atoms with Crippen molar-refractivity contribution in [2.45, 2.75) is 104 Å². The summed E-state index contributed by atoms with van der Waals surface area (Å²) in [7, 11) is 0. The zero-order valence-corrected chi connectivity index (χ0v) is 40.9. The number of aliphatic hydroxyl groups is 1. The van der Waals surface area contributed by atoms with Crippen molar-refractivity contribution in [1.29, 1.82) is 0 Å². The predicted octanol–water partition coefficient (Wildman–Crippen LogP) is 7.29. The molecule has 3 heterocycles. The lowest BCUT2D eigenvalue weighted by molar-refractivity contribution is -0.144. The number of β-amino-alcohol motifs (C(OH)–C–C–N with tert-alkyl or cyclic N) is 1. The number of aryl methyl sites for hydroxylation is 2. The zero-order chi connectivity index (χ0) is 48.5. The highest BCUT2D eigenvalue weighted by Gasteiger charge is 2.50. The number of thiazole rings is 1. The first-order valence-corrected chi connectivity index (χ1v) is 23.8. The number of hydrogen-bond donors (Lipinski definition) is 3. The van der Waals surface area contributed by atoms with Crippen LogP contribution >= 0.6 is 23.6 Å². The van der Waals surface area contributed by atoms with Crippen molar-refractivity contribution >= 4 is 69.4 Å². The summed E-state index contributed by atoms with van der Waals surface area (Å²) in [6, 6.07) is 18.8. The molecule has 15 nitrogen and oxygen atoms in total. The molecule has 1 aromatic heterocycles. The minimum Gasteiger partial charge on any atom is -0.494 e. The van der Waals surface area contributed by atoms with Crippen molar-refractivity contribution in [3.05, 3.63) is 100 Å². The van der Waals surface area contributed by atoms with Gasteiger partial charge in [0.05, 0.1) is 35.4 Å². The average molecular weight is 952 g/mol. The van der Waals surface area contributed by atoms with Gasteiger partial charge in [0.25, 0.3) is 5.91 Å². The standard InChI is InChI=1S/C50H61N7O8S2/c1-32-26-37(18-21-40(32)51-8)56-47(62)50(6,7)57(48(56)66)36-16-19-39(20-17-36)65-25-11-24-63-22-9-10-23-64-30-42(59)54-44(49(3,4)5)46(61)55-29-38(58)27-41(55)45(60)52-28-34-12-14-35(15-13-34)43-33(2)53-31-67-43/h12-21,26,31,38,41,44,58H,9-11,22-25,27-30H2,1-7H3,(H,52,60)(H,54,59)/t38-,41+,44-/m1/s1. The number of carbonyl (C=O) groups is 4. The number of unbranched alkanes of at least 4 members (excludes halogenated alkanes) is 1. The van der Waals surface area contributed by atoms with Crippen LogP contribution in [0.2, 0.25) is 0 Å². The number of anilines is 2. The monoisotopic (exact) mass is 951 g/mol. The number of thiocarbonyl (C=S) groups is 1. The van der Waals surface area contributed by atoms with E-state index < -0.39 is 41.0 Å². The maximum absolute atomic E-state index is 13.9. The summed E-state index contributed by atoms with van der Waals surface area (Å²) in [4.78, 5) is 67.6. The Bertz CT molecular complexity index is 2450. The van der Waals surface area contributed by atoms with E-state index in [2.05, 4.69) is 20.5 Å². The third kappa shape index (κ3) is 12.4. The maximum Gasteiger partial charge on any atom is 0.259 e. The number of carbonyl (C=O) groups excluding carboxylic acids is 4. The minimum atomic E-state index is -0.949. The summed E-state index contributed by atoms with van der Waals surface area (Å²) in [5.41, 5.74) is 5.81. The van der Waals surface area contributed by atoms with E-state index in [9.17, 15) is 24.3 Å². The van der Waals surface area contributed by atoms with Crippen LogP contribution in [0.15, 0.2) is 72.2 Å². The van der Waals surface area contributed by atoms with E-state index in [1.54, 1.807) is 23.5 Å². The third-order valence-corrected chi connectivity index (χ3v) is 13.1. The molecule has 0 saturated carbocycles. The van der Waals surface area contributed by atoms with Gasteiger partial charge in [0.15, 0.2) is 10.8 Å². The first-order chi connectivity index (χ1) is 31.9. The zero-order valence-electron chi connectivity index (χ0n) is 39.3. The van der Waals surface area contributed by atoms with Crippen LogP contribution in [0.25, 0.3) is 15.3 Å². The molecule has 3 atom stereocenters. The van der Waals surface area contributed by atoms with Crippen LogP contribution in [0, 0.1) is 25.8 Å². The number of likely N-dealkylation sites (tertiary alicyclic amines) is 1. The first kappa shape index (κ1) is 50.6. The molecule has 0 unspecified atom stereocenters. The van der Waals surface area contributed by atoms with E-state index in [4.69, 9.17) is 33.0 Å². The highest BCUT2D eigenvalue weighted by atomic mass is 32.1. The number of aliphatic hydroxyl groups excluding tert-OH is 1. The van der Waals surface area contributed by atoms with Gasteiger partial charge in [-0.25, -0.2) is 9.83 Å². The number of hydrogen-bond acceptors (Lipinski definition) is 11. The highest BCUT2D eigenvalue weighted by molar-refractivity contribution is 7.81. The fourth-order valence-corrected chi connectivity index (χ4v) is 9.39. The molecule has 2 saturated heterocycles.